The second kappa shape index (κ2) is 3.64. The van der Waals surface area contributed by atoms with Crippen LogP contribution in [0.4, 0.5) is 0 Å². The van der Waals surface area contributed by atoms with Crippen molar-refractivity contribution < 1.29 is 24.1 Å². The monoisotopic (exact) mass is 280 g/mol. The van der Waals surface area contributed by atoms with Gasteiger partial charge in [-0.15, -0.1) is 0 Å². The molecule has 1 N–H and O–H groups in total. The number of ether oxygens (including phenoxy) is 3. The van der Waals surface area contributed by atoms with Crippen molar-refractivity contribution >= 4 is 5.97 Å². The van der Waals surface area contributed by atoms with Crippen molar-refractivity contribution in [2.24, 2.45) is 5.92 Å². The van der Waals surface area contributed by atoms with Crippen LogP contribution in [0.3, 0.4) is 0 Å². The van der Waals surface area contributed by atoms with E-state index in [0.29, 0.717) is 12.0 Å². The number of rotatable bonds is 0. The molecule has 5 heteroatoms. The molecule has 110 valence electrons. The first-order valence-corrected chi connectivity index (χ1v) is 7.29. The molecule has 0 amide bonds. The summed E-state index contributed by atoms with van der Waals surface area (Å²) in [5.41, 5.74) is -0.273. The summed E-state index contributed by atoms with van der Waals surface area (Å²) in [5.74, 6) is -0.535. The Labute approximate surface area is 117 Å². The highest BCUT2D eigenvalue weighted by molar-refractivity contribution is 5.91. The lowest BCUT2D eigenvalue weighted by atomic mass is 9.80. The highest BCUT2D eigenvalue weighted by atomic mass is 16.7. The molecule has 4 fully saturated rings. The van der Waals surface area contributed by atoms with E-state index in [1.807, 2.05) is 6.92 Å². The first-order chi connectivity index (χ1) is 9.35. The molecule has 0 aromatic rings. The zero-order chi connectivity index (χ0) is 14.3. The molecule has 0 spiro atoms. The average molecular weight is 280 g/mol. The fraction of sp³-hybridized carbons (Fsp3) is 0.800. The van der Waals surface area contributed by atoms with Gasteiger partial charge in [0, 0.05) is 11.5 Å². The van der Waals surface area contributed by atoms with Crippen molar-refractivity contribution in [2.45, 2.75) is 68.7 Å². The maximum absolute atomic E-state index is 11.8. The number of fused-ring (bicyclic) bond motifs is 4. The van der Waals surface area contributed by atoms with E-state index in [-0.39, 0.29) is 35.8 Å². The minimum absolute atomic E-state index is 0.0778. The zero-order valence-corrected chi connectivity index (χ0v) is 11.8. The Morgan fingerprint density at radius 3 is 2.85 bits per heavy atom. The SMILES string of the molecule is C=C1C(=O)O[C@H]2[C@H]1C[C@H](O)[C@@]1(C)O[C@@H]1CC[C@@]1(C)O[C@@H]21. The molecule has 7 atom stereocenters. The third-order valence-electron chi connectivity index (χ3n) is 5.61. The molecule has 0 aromatic carbocycles. The van der Waals surface area contributed by atoms with E-state index in [0.717, 1.165) is 12.8 Å². The molecule has 1 aliphatic carbocycles. The summed E-state index contributed by atoms with van der Waals surface area (Å²) in [6.45, 7) is 7.83. The van der Waals surface area contributed by atoms with Crippen molar-refractivity contribution in [3.63, 3.8) is 0 Å². The van der Waals surface area contributed by atoms with E-state index < -0.39 is 11.7 Å². The third kappa shape index (κ3) is 1.57. The van der Waals surface area contributed by atoms with Gasteiger partial charge in [0.15, 0.2) is 0 Å². The van der Waals surface area contributed by atoms with Crippen LogP contribution in [0.5, 0.6) is 0 Å². The molecule has 0 radical (unpaired) electrons. The number of carbonyl (C=O) groups is 1. The molecule has 4 aliphatic rings. The summed E-state index contributed by atoms with van der Waals surface area (Å²) < 4.78 is 17.0. The normalized spacial score (nSPS) is 57.2. The molecule has 3 heterocycles. The summed E-state index contributed by atoms with van der Waals surface area (Å²) in [6.07, 6.45) is 1.26. The second-order valence-electron chi connectivity index (χ2n) is 6.93. The van der Waals surface area contributed by atoms with Gasteiger partial charge in [0.2, 0.25) is 0 Å². The largest absolute Gasteiger partial charge is 0.455 e. The second-order valence-corrected chi connectivity index (χ2v) is 6.93. The van der Waals surface area contributed by atoms with Crippen LogP contribution in [0.1, 0.15) is 33.1 Å². The Morgan fingerprint density at radius 2 is 2.10 bits per heavy atom. The molecule has 3 aliphatic heterocycles. The fourth-order valence-corrected chi connectivity index (χ4v) is 3.86. The van der Waals surface area contributed by atoms with Gasteiger partial charge >= 0.3 is 5.97 Å². The number of hydrogen-bond acceptors (Lipinski definition) is 5. The summed E-state index contributed by atoms with van der Waals surface area (Å²) in [4.78, 5) is 11.8. The van der Waals surface area contributed by atoms with Crippen LogP contribution in [0.2, 0.25) is 0 Å². The fourth-order valence-electron chi connectivity index (χ4n) is 3.86. The molecule has 20 heavy (non-hydrogen) atoms. The smallest absolute Gasteiger partial charge is 0.334 e. The molecule has 3 saturated heterocycles. The first-order valence-electron chi connectivity index (χ1n) is 7.29. The van der Waals surface area contributed by atoms with Crippen LogP contribution >= 0.6 is 0 Å². The topological polar surface area (TPSA) is 71.6 Å². The number of esters is 1. The van der Waals surface area contributed by atoms with E-state index in [1.54, 1.807) is 0 Å². The van der Waals surface area contributed by atoms with E-state index in [9.17, 15) is 9.90 Å². The number of carbonyl (C=O) groups excluding carboxylic acids is 1. The van der Waals surface area contributed by atoms with Gasteiger partial charge in [-0.05, 0) is 33.1 Å². The maximum Gasteiger partial charge on any atom is 0.334 e. The maximum atomic E-state index is 11.8. The van der Waals surface area contributed by atoms with Crippen molar-refractivity contribution in [1.82, 2.24) is 0 Å². The molecular weight excluding hydrogens is 260 g/mol. The Morgan fingerprint density at radius 1 is 1.35 bits per heavy atom. The number of hydrogen-bond donors (Lipinski definition) is 1. The highest BCUT2D eigenvalue weighted by Crippen LogP contribution is 2.54. The Kier molecular flexibility index (Phi) is 2.33. The van der Waals surface area contributed by atoms with Crippen molar-refractivity contribution in [3.8, 4) is 0 Å². The third-order valence-corrected chi connectivity index (χ3v) is 5.61. The van der Waals surface area contributed by atoms with Gasteiger partial charge in [-0.3, -0.25) is 0 Å². The molecule has 4 rings (SSSR count). The molecule has 0 unspecified atom stereocenters. The quantitative estimate of drug-likeness (QED) is 0.406. The van der Waals surface area contributed by atoms with E-state index in [2.05, 4.69) is 13.5 Å². The van der Waals surface area contributed by atoms with Crippen molar-refractivity contribution in [1.29, 1.82) is 0 Å². The van der Waals surface area contributed by atoms with Gasteiger partial charge in [-0.1, -0.05) is 6.58 Å². The Bertz CT molecular complexity index is 502. The predicted octanol–water partition coefficient (Wildman–Crippen LogP) is 0.944. The van der Waals surface area contributed by atoms with Crippen LogP contribution in [0, 0.1) is 5.92 Å². The van der Waals surface area contributed by atoms with Gasteiger partial charge in [0.25, 0.3) is 0 Å². The first kappa shape index (κ1) is 12.8. The summed E-state index contributed by atoms with van der Waals surface area (Å²) in [5, 5.41) is 10.4. The minimum atomic E-state index is -0.602. The van der Waals surface area contributed by atoms with Crippen LogP contribution < -0.4 is 0 Å². The van der Waals surface area contributed by atoms with Crippen LogP contribution in [0.15, 0.2) is 12.2 Å². The molecule has 1 saturated carbocycles. The van der Waals surface area contributed by atoms with Crippen LogP contribution in [0.25, 0.3) is 0 Å². The van der Waals surface area contributed by atoms with Gasteiger partial charge in [-0.25, -0.2) is 4.79 Å². The summed E-state index contributed by atoms with van der Waals surface area (Å²) in [6, 6.07) is 0. The number of epoxide rings is 2. The van der Waals surface area contributed by atoms with Gasteiger partial charge in [-0.2, -0.15) is 0 Å². The van der Waals surface area contributed by atoms with Gasteiger partial charge in [0.05, 0.1) is 17.8 Å². The average Bonchev–Trinajstić information content (AvgIpc) is 3.23. The van der Waals surface area contributed by atoms with Gasteiger partial charge in [0.1, 0.15) is 17.8 Å². The summed E-state index contributed by atoms with van der Waals surface area (Å²) in [7, 11) is 0. The molecule has 5 nitrogen and oxygen atoms in total. The highest BCUT2D eigenvalue weighted by Gasteiger charge is 2.66. The molecule has 0 aromatic heterocycles. The number of aliphatic hydroxyl groups is 1. The number of aliphatic hydroxyl groups excluding tert-OH is 1. The lowest BCUT2D eigenvalue weighted by Gasteiger charge is -2.24. The molecular formula is C15H20O5. The Hall–Kier alpha value is -0.910. The van der Waals surface area contributed by atoms with Crippen LogP contribution in [-0.2, 0) is 19.0 Å². The van der Waals surface area contributed by atoms with Gasteiger partial charge < -0.3 is 19.3 Å². The van der Waals surface area contributed by atoms with Crippen LogP contribution in [-0.4, -0.2) is 46.7 Å². The minimum Gasteiger partial charge on any atom is -0.455 e. The Balaban J connectivity index is 1.66. The van der Waals surface area contributed by atoms with Crippen molar-refractivity contribution in [2.75, 3.05) is 0 Å². The standard InChI is InChI=1S/C15H20O5/c1-7-8-6-9(16)15(3)10(19-15)4-5-14(2)12(20-14)11(8)18-13(7)17/h8-12,16H,1,4-6H2,2-3H3/t8-,9-,10+,11-,12-,14+,15+/m0/s1. The molecule has 0 bridgehead atoms. The summed E-state index contributed by atoms with van der Waals surface area (Å²) >= 11 is 0. The predicted molar refractivity (Wildman–Crippen MR) is 68.9 cm³/mol. The van der Waals surface area contributed by atoms with E-state index in [4.69, 9.17) is 14.2 Å². The lowest BCUT2D eigenvalue weighted by Crippen LogP contribution is -2.37. The van der Waals surface area contributed by atoms with Crippen molar-refractivity contribution in [3.05, 3.63) is 12.2 Å². The van der Waals surface area contributed by atoms with E-state index >= 15 is 0 Å². The lowest BCUT2D eigenvalue weighted by molar-refractivity contribution is -0.140. The zero-order valence-electron chi connectivity index (χ0n) is 11.8. The van der Waals surface area contributed by atoms with E-state index in [1.165, 1.54) is 0 Å².